The van der Waals surface area contributed by atoms with Gasteiger partial charge in [0.25, 0.3) is 0 Å². The third kappa shape index (κ3) is 6.01. The largest absolute Gasteiger partial charge is 0.497 e. The van der Waals surface area contributed by atoms with Crippen LogP contribution in [0.1, 0.15) is 29.5 Å². The van der Waals surface area contributed by atoms with Gasteiger partial charge in [0.15, 0.2) is 0 Å². The Morgan fingerprint density at radius 1 is 1.00 bits per heavy atom. The molecule has 0 aliphatic heterocycles. The van der Waals surface area contributed by atoms with Crippen LogP contribution in [0.4, 0.5) is 0 Å². The first-order valence-corrected chi connectivity index (χ1v) is 9.16. The Labute approximate surface area is 172 Å². The number of ether oxygens (including phenoxy) is 3. The van der Waals surface area contributed by atoms with Gasteiger partial charge in [0.1, 0.15) is 17.3 Å². The zero-order valence-electron chi connectivity index (χ0n) is 16.3. The zero-order valence-corrected chi connectivity index (χ0v) is 17.1. The van der Waals surface area contributed by atoms with Crippen molar-refractivity contribution in [2.45, 2.75) is 25.4 Å². The zero-order chi connectivity index (χ0) is 18.9. The van der Waals surface area contributed by atoms with Crippen molar-refractivity contribution in [3.63, 3.8) is 0 Å². The highest BCUT2D eigenvalue weighted by Gasteiger charge is 2.15. The lowest BCUT2D eigenvalue weighted by atomic mass is 10.1. The predicted molar refractivity (Wildman–Crippen MR) is 113 cm³/mol. The smallest absolute Gasteiger partial charge is 0.122 e. The van der Waals surface area contributed by atoms with Crippen molar-refractivity contribution in [2.24, 2.45) is 0 Å². The van der Waals surface area contributed by atoms with E-state index in [2.05, 4.69) is 16.0 Å². The molecule has 1 atom stereocenters. The molecule has 1 heterocycles. The summed E-state index contributed by atoms with van der Waals surface area (Å²) in [5.74, 6) is 2.69. The normalized spacial score (nSPS) is 11.5. The van der Waals surface area contributed by atoms with Gasteiger partial charge < -0.3 is 19.2 Å². The maximum Gasteiger partial charge on any atom is 0.122 e. The van der Waals surface area contributed by atoms with Crippen LogP contribution in [0.15, 0.2) is 60.9 Å². The van der Waals surface area contributed by atoms with E-state index in [-0.39, 0.29) is 18.5 Å². The van der Waals surface area contributed by atoms with Crippen molar-refractivity contribution in [3.8, 4) is 11.5 Å². The average molecular weight is 403 g/mol. The topological polar surface area (TPSA) is 56.4 Å². The molecule has 5 nitrogen and oxygen atoms in total. The highest BCUT2D eigenvalue weighted by Crippen LogP contribution is 2.25. The molecule has 1 unspecified atom stereocenters. The Bertz CT molecular complexity index is 807. The second-order valence-corrected chi connectivity index (χ2v) is 6.29. The number of hydrogen-bond donors (Lipinski definition) is 1. The van der Waals surface area contributed by atoms with Crippen molar-refractivity contribution >= 4 is 12.4 Å². The third-order valence-corrected chi connectivity index (χ3v) is 4.52. The SMILES string of the molecule is COc1ccc(C(Cc2ncc[nH]2)OCCCc2ccccc2OC)cc1.Cl. The van der Waals surface area contributed by atoms with Gasteiger partial charge in [-0.2, -0.15) is 0 Å². The second-order valence-electron chi connectivity index (χ2n) is 6.29. The lowest BCUT2D eigenvalue weighted by Gasteiger charge is -2.18. The number of H-pyrrole nitrogens is 1. The number of imidazole rings is 1. The Morgan fingerprint density at radius 2 is 1.79 bits per heavy atom. The van der Waals surface area contributed by atoms with Crippen LogP contribution in [0.5, 0.6) is 11.5 Å². The molecule has 150 valence electrons. The van der Waals surface area contributed by atoms with E-state index in [4.69, 9.17) is 14.2 Å². The summed E-state index contributed by atoms with van der Waals surface area (Å²) in [7, 11) is 3.38. The number of aromatic nitrogens is 2. The number of halogens is 1. The molecular formula is C22H27ClN2O3. The van der Waals surface area contributed by atoms with Gasteiger partial charge >= 0.3 is 0 Å². The van der Waals surface area contributed by atoms with Crippen LogP contribution in [0, 0.1) is 0 Å². The average Bonchev–Trinajstić information content (AvgIpc) is 3.24. The molecular weight excluding hydrogens is 376 g/mol. The van der Waals surface area contributed by atoms with E-state index in [1.807, 2.05) is 48.7 Å². The van der Waals surface area contributed by atoms with Crippen molar-refractivity contribution in [1.82, 2.24) is 9.97 Å². The van der Waals surface area contributed by atoms with Gasteiger partial charge in [-0.3, -0.25) is 0 Å². The van der Waals surface area contributed by atoms with Crippen LogP contribution in [-0.4, -0.2) is 30.8 Å². The number of aryl methyl sites for hydroxylation is 1. The second kappa shape index (κ2) is 11.4. The van der Waals surface area contributed by atoms with Gasteiger partial charge in [-0.25, -0.2) is 4.98 Å². The standard InChI is InChI=1S/C22H26N2O3.ClH/c1-25-19-11-9-18(10-12-19)21(16-22-23-13-14-24-22)27-15-5-7-17-6-3-4-8-20(17)26-2;/h3-4,6,8-14,21H,5,7,15-16H2,1-2H3,(H,23,24);1H. The van der Waals surface area contributed by atoms with Gasteiger partial charge in [0.2, 0.25) is 0 Å². The minimum atomic E-state index is -0.0558. The molecule has 0 saturated heterocycles. The first-order valence-electron chi connectivity index (χ1n) is 9.16. The van der Waals surface area contributed by atoms with Crippen LogP contribution in [-0.2, 0) is 17.6 Å². The summed E-state index contributed by atoms with van der Waals surface area (Å²) in [6.07, 6.45) is 6.09. The Morgan fingerprint density at radius 3 is 2.46 bits per heavy atom. The maximum absolute atomic E-state index is 6.23. The lowest BCUT2D eigenvalue weighted by Crippen LogP contribution is -2.10. The number of hydrogen-bond acceptors (Lipinski definition) is 4. The number of benzene rings is 2. The molecule has 1 aromatic heterocycles. The summed E-state index contributed by atoms with van der Waals surface area (Å²) in [5.41, 5.74) is 2.32. The van der Waals surface area contributed by atoms with Crippen molar-refractivity contribution in [2.75, 3.05) is 20.8 Å². The van der Waals surface area contributed by atoms with Crippen LogP contribution in [0.25, 0.3) is 0 Å². The number of nitrogens with zero attached hydrogens (tertiary/aromatic N) is 1. The Kier molecular flexibility index (Phi) is 8.85. The summed E-state index contributed by atoms with van der Waals surface area (Å²) in [5, 5.41) is 0. The summed E-state index contributed by atoms with van der Waals surface area (Å²) in [6, 6.07) is 16.1. The molecule has 3 aromatic rings. The Hall–Kier alpha value is -2.50. The summed E-state index contributed by atoms with van der Waals surface area (Å²) in [4.78, 5) is 7.50. The van der Waals surface area contributed by atoms with Gasteiger partial charge in [-0.05, 0) is 42.2 Å². The van der Waals surface area contributed by atoms with E-state index in [1.54, 1.807) is 20.4 Å². The molecule has 6 heteroatoms. The van der Waals surface area contributed by atoms with Crippen LogP contribution < -0.4 is 9.47 Å². The van der Waals surface area contributed by atoms with Crippen molar-refractivity contribution < 1.29 is 14.2 Å². The van der Waals surface area contributed by atoms with E-state index in [0.29, 0.717) is 13.0 Å². The van der Waals surface area contributed by atoms with E-state index < -0.39 is 0 Å². The fraction of sp³-hybridized carbons (Fsp3) is 0.318. The summed E-state index contributed by atoms with van der Waals surface area (Å²) < 4.78 is 16.9. The fourth-order valence-electron chi connectivity index (χ4n) is 3.07. The van der Waals surface area contributed by atoms with E-state index in [0.717, 1.165) is 35.7 Å². The van der Waals surface area contributed by atoms with Crippen LogP contribution in [0.3, 0.4) is 0 Å². The first-order chi connectivity index (χ1) is 13.3. The number of para-hydroxylation sites is 1. The number of aromatic amines is 1. The highest BCUT2D eigenvalue weighted by molar-refractivity contribution is 5.85. The van der Waals surface area contributed by atoms with Gasteiger partial charge in [-0.15, -0.1) is 12.4 Å². The van der Waals surface area contributed by atoms with Gasteiger partial charge in [0.05, 0.1) is 20.3 Å². The molecule has 0 spiro atoms. The molecule has 28 heavy (non-hydrogen) atoms. The molecule has 0 aliphatic rings. The summed E-state index contributed by atoms with van der Waals surface area (Å²) in [6.45, 7) is 0.662. The van der Waals surface area contributed by atoms with Crippen LogP contribution >= 0.6 is 12.4 Å². The van der Waals surface area contributed by atoms with E-state index in [9.17, 15) is 0 Å². The number of methoxy groups -OCH3 is 2. The maximum atomic E-state index is 6.23. The molecule has 0 aliphatic carbocycles. The third-order valence-electron chi connectivity index (χ3n) is 4.52. The minimum Gasteiger partial charge on any atom is -0.497 e. The lowest BCUT2D eigenvalue weighted by molar-refractivity contribution is 0.0500. The van der Waals surface area contributed by atoms with Gasteiger partial charge in [0, 0.05) is 25.4 Å². The fourth-order valence-corrected chi connectivity index (χ4v) is 3.07. The molecule has 0 fully saturated rings. The molecule has 1 N–H and O–H groups in total. The van der Waals surface area contributed by atoms with Gasteiger partial charge in [-0.1, -0.05) is 30.3 Å². The Balaban J connectivity index is 0.00000280. The van der Waals surface area contributed by atoms with E-state index in [1.165, 1.54) is 5.56 Å². The summed E-state index contributed by atoms with van der Waals surface area (Å²) >= 11 is 0. The van der Waals surface area contributed by atoms with E-state index >= 15 is 0 Å². The molecule has 2 aromatic carbocycles. The highest BCUT2D eigenvalue weighted by atomic mass is 35.5. The first kappa shape index (κ1) is 21.8. The number of rotatable bonds is 10. The molecule has 3 rings (SSSR count). The number of nitrogens with one attached hydrogen (secondary N) is 1. The molecule has 0 saturated carbocycles. The predicted octanol–water partition coefficient (Wildman–Crippen LogP) is 4.78. The molecule has 0 radical (unpaired) electrons. The molecule has 0 bridgehead atoms. The quantitative estimate of drug-likeness (QED) is 0.496. The monoisotopic (exact) mass is 402 g/mol. The molecule has 0 amide bonds. The van der Waals surface area contributed by atoms with Crippen LogP contribution in [0.2, 0.25) is 0 Å². The minimum absolute atomic E-state index is 0. The van der Waals surface area contributed by atoms with Crippen molar-refractivity contribution in [1.29, 1.82) is 0 Å². The van der Waals surface area contributed by atoms with Crippen molar-refractivity contribution in [3.05, 3.63) is 77.9 Å².